The van der Waals surface area contributed by atoms with Crippen molar-refractivity contribution in [3.05, 3.63) is 46.5 Å². The van der Waals surface area contributed by atoms with Crippen LogP contribution >= 0.6 is 0 Å². The van der Waals surface area contributed by atoms with Crippen LogP contribution in [-0.4, -0.2) is 34.8 Å². The first kappa shape index (κ1) is 18.4. The van der Waals surface area contributed by atoms with Gasteiger partial charge in [-0.2, -0.15) is 8.42 Å². The molecule has 0 radical (unpaired) electrons. The summed E-state index contributed by atoms with van der Waals surface area (Å²) in [6.45, 7) is 0. The van der Waals surface area contributed by atoms with E-state index in [0.717, 1.165) is 0 Å². The van der Waals surface area contributed by atoms with Gasteiger partial charge in [-0.05, 0) is 0 Å². The van der Waals surface area contributed by atoms with Crippen molar-refractivity contribution in [3.8, 4) is 11.5 Å². The van der Waals surface area contributed by atoms with Crippen molar-refractivity contribution < 1.29 is 62.3 Å². The SMILES string of the molecule is Nc1c(O)c(S(=O)(=O)O)c(O)c2c1C(=O)c1ccccc1C2=O.[Na+]. The van der Waals surface area contributed by atoms with Crippen LogP contribution in [0.4, 0.5) is 5.69 Å². The van der Waals surface area contributed by atoms with Crippen LogP contribution in [0.15, 0.2) is 29.2 Å². The van der Waals surface area contributed by atoms with Crippen molar-refractivity contribution in [2.75, 3.05) is 5.73 Å². The second-order valence-electron chi connectivity index (χ2n) is 4.87. The Morgan fingerprint density at radius 1 is 0.875 bits per heavy atom. The minimum Gasteiger partial charge on any atom is -0.506 e. The van der Waals surface area contributed by atoms with E-state index < -0.39 is 54.9 Å². The zero-order valence-corrected chi connectivity index (χ0v) is 15.1. The standard InChI is InChI=1S/C14H9NO7S.Na/c15-9-7-8(12(18)14(13(9)19)23(20,21)22)11(17)6-4-2-1-3-5(6)10(7)16;/h1-4,18-19H,15H2,(H,20,21,22);/q;+1. The van der Waals surface area contributed by atoms with Gasteiger partial charge >= 0.3 is 39.7 Å². The van der Waals surface area contributed by atoms with Crippen molar-refractivity contribution in [1.82, 2.24) is 0 Å². The smallest absolute Gasteiger partial charge is 0.506 e. The number of phenols is 2. The van der Waals surface area contributed by atoms with E-state index in [-0.39, 0.29) is 40.7 Å². The molecule has 0 spiro atoms. The fourth-order valence-corrected chi connectivity index (χ4v) is 3.27. The maximum Gasteiger partial charge on any atom is 1.00 e. The van der Waals surface area contributed by atoms with E-state index in [9.17, 15) is 28.2 Å². The number of rotatable bonds is 1. The van der Waals surface area contributed by atoms with Gasteiger partial charge in [0.25, 0.3) is 0 Å². The summed E-state index contributed by atoms with van der Waals surface area (Å²) in [7, 11) is -5.08. The summed E-state index contributed by atoms with van der Waals surface area (Å²) in [6.07, 6.45) is 0. The third-order valence-corrected chi connectivity index (χ3v) is 4.47. The number of ketones is 2. The number of carbonyl (C=O) groups is 2. The topological polar surface area (TPSA) is 155 Å². The Kier molecular flexibility index (Phi) is 4.51. The van der Waals surface area contributed by atoms with E-state index in [1.54, 1.807) is 0 Å². The van der Waals surface area contributed by atoms with E-state index in [4.69, 9.17) is 10.3 Å². The van der Waals surface area contributed by atoms with Crippen LogP contribution < -0.4 is 35.3 Å². The van der Waals surface area contributed by atoms with Gasteiger partial charge in [0.05, 0.1) is 16.8 Å². The molecule has 0 bridgehead atoms. The molecular weight excluding hydrogens is 349 g/mol. The number of fused-ring (bicyclic) bond motifs is 2. The van der Waals surface area contributed by atoms with Crippen LogP contribution in [0.1, 0.15) is 31.8 Å². The van der Waals surface area contributed by atoms with Crippen LogP contribution in [0.2, 0.25) is 0 Å². The quantitative estimate of drug-likeness (QED) is 0.125. The zero-order chi connectivity index (χ0) is 17.1. The number of benzene rings is 2. The molecule has 10 heteroatoms. The first-order chi connectivity index (χ1) is 10.7. The number of phenolic OH excluding ortho intramolecular Hbond substituents is 2. The van der Waals surface area contributed by atoms with Crippen molar-refractivity contribution in [3.63, 3.8) is 0 Å². The van der Waals surface area contributed by atoms with Gasteiger partial charge in [0.2, 0.25) is 0 Å². The zero-order valence-electron chi connectivity index (χ0n) is 12.3. The van der Waals surface area contributed by atoms with Gasteiger partial charge in [0, 0.05) is 11.1 Å². The molecular formula is C14H9NNaO7S+. The van der Waals surface area contributed by atoms with Crippen molar-refractivity contribution in [2.24, 2.45) is 0 Å². The molecule has 3 rings (SSSR count). The molecule has 0 saturated heterocycles. The van der Waals surface area contributed by atoms with Gasteiger partial charge in [0.1, 0.15) is 0 Å². The fourth-order valence-electron chi connectivity index (χ4n) is 2.57. The Bertz CT molecular complexity index is 1010. The van der Waals surface area contributed by atoms with Gasteiger partial charge in [-0.1, -0.05) is 24.3 Å². The average Bonchev–Trinajstić information content (AvgIpc) is 2.47. The number of hydrogen-bond donors (Lipinski definition) is 4. The van der Waals surface area contributed by atoms with Crippen molar-refractivity contribution in [1.29, 1.82) is 0 Å². The molecule has 0 aromatic heterocycles. The van der Waals surface area contributed by atoms with Crippen LogP contribution in [0.25, 0.3) is 0 Å². The number of hydrogen-bond acceptors (Lipinski definition) is 7. The summed E-state index contributed by atoms with van der Waals surface area (Å²) in [4.78, 5) is 23.7. The summed E-state index contributed by atoms with van der Waals surface area (Å²) < 4.78 is 31.8. The first-order valence-electron chi connectivity index (χ1n) is 6.19. The predicted molar refractivity (Wildman–Crippen MR) is 77.3 cm³/mol. The van der Waals surface area contributed by atoms with E-state index in [2.05, 4.69) is 0 Å². The summed E-state index contributed by atoms with van der Waals surface area (Å²) in [6, 6.07) is 5.69. The summed E-state index contributed by atoms with van der Waals surface area (Å²) in [5.74, 6) is -4.00. The molecule has 8 nitrogen and oxygen atoms in total. The molecule has 2 aromatic rings. The molecule has 0 fully saturated rings. The number of carbonyl (C=O) groups excluding carboxylic acids is 2. The van der Waals surface area contributed by atoms with Gasteiger partial charge < -0.3 is 15.9 Å². The minimum absolute atomic E-state index is 0. The fraction of sp³-hybridized carbons (Fsp3) is 0. The molecule has 1 aliphatic carbocycles. The molecule has 0 heterocycles. The maximum atomic E-state index is 12.5. The average molecular weight is 358 g/mol. The van der Waals surface area contributed by atoms with E-state index in [0.29, 0.717) is 0 Å². The van der Waals surface area contributed by atoms with Crippen LogP contribution in [0, 0.1) is 0 Å². The monoisotopic (exact) mass is 358 g/mol. The van der Waals surface area contributed by atoms with E-state index in [1.807, 2.05) is 0 Å². The van der Waals surface area contributed by atoms with Gasteiger partial charge in [-0.3, -0.25) is 14.1 Å². The second-order valence-corrected chi connectivity index (χ2v) is 6.23. The van der Waals surface area contributed by atoms with Gasteiger partial charge in [-0.15, -0.1) is 0 Å². The van der Waals surface area contributed by atoms with Crippen LogP contribution in [0.3, 0.4) is 0 Å². The third-order valence-electron chi connectivity index (χ3n) is 3.57. The molecule has 118 valence electrons. The van der Waals surface area contributed by atoms with Gasteiger partial charge in [-0.25, -0.2) is 0 Å². The van der Waals surface area contributed by atoms with Gasteiger partial charge in [0.15, 0.2) is 28.0 Å². The molecule has 0 aliphatic heterocycles. The molecule has 2 aromatic carbocycles. The number of aromatic hydroxyl groups is 2. The molecule has 0 atom stereocenters. The number of anilines is 1. The molecule has 1 aliphatic rings. The normalized spacial score (nSPS) is 13.0. The van der Waals surface area contributed by atoms with E-state index in [1.165, 1.54) is 24.3 Å². The Morgan fingerprint density at radius 3 is 1.79 bits per heavy atom. The predicted octanol–water partition coefficient (Wildman–Crippen LogP) is -2.29. The largest absolute Gasteiger partial charge is 1.00 e. The summed E-state index contributed by atoms with van der Waals surface area (Å²) in [5, 5.41) is 19.9. The van der Waals surface area contributed by atoms with E-state index >= 15 is 0 Å². The summed E-state index contributed by atoms with van der Waals surface area (Å²) >= 11 is 0. The third kappa shape index (κ3) is 2.41. The molecule has 0 amide bonds. The first-order valence-corrected chi connectivity index (χ1v) is 7.63. The van der Waals surface area contributed by atoms with Crippen molar-refractivity contribution in [2.45, 2.75) is 4.90 Å². The Hall–Kier alpha value is -1.91. The Balaban J connectivity index is 0.00000208. The minimum atomic E-state index is -5.08. The molecule has 24 heavy (non-hydrogen) atoms. The van der Waals surface area contributed by atoms with Crippen molar-refractivity contribution >= 4 is 27.4 Å². The number of nitrogen functional groups attached to an aromatic ring is 1. The summed E-state index contributed by atoms with van der Waals surface area (Å²) in [5.41, 5.74) is 3.65. The Morgan fingerprint density at radius 2 is 1.33 bits per heavy atom. The Labute approximate surface area is 158 Å². The van der Waals surface area contributed by atoms with Crippen LogP contribution in [-0.2, 0) is 10.1 Å². The molecule has 0 unspecified atom stereocenters. The van der Waals surface area contributed by atoms with Crippen LogP contribution in [0.5, 0.6) is 11.5 Å². The molecule has 0 saturated carbocycles. The molecule has 5 N–H and O–H groups in total. The second kappa shape index (κ2) is 5.87. The number of nitrogens with two attached hydrogens (primary N) is 1. The maximum absolute atomic E-state index is 12.5.